The summed E-state index contributed by atoms with van der Waals surface area (Å²) in [7, 11) is 0. The van der Waals surface area contributed by atoms with E-state index in [9.17, 15) is 18.0 Å². The van der Waals surface area contributed by atoms with E-state index >= 15 is 0 Å². The largest absolute Gasteiger partial charge is 0.465 e. The van der Waals surface area contributed by atoms with E-state index in [0.717, 1.165) is 12.8 Å². The zero-order valence-electron chi connectivity index (χ0n) is 19.6. The summed E-state index contributed by atoms with van der Waals surface area (Å²) in [5, 5.41) is 0. The summed E-state index contributed by atoms with van der Waals surface area (Å²) in [5.74, 6) is -0.232. The van der Waals surface area contributed by atoms with Gasteiger partial charge in [0.15, 0.2) is 0 Å². The minimum Gasteiger partial charge on any atom is -0.465 e. The molecule has 0 aromatic heterocycles. The number of ether oxygens (including phenoxy) is 1. The van der Waals surface area contributed by atoms with Gasteiger partial charge in [-0.1, -0.05) is 68.2 Å². The van der Waals surface area contributed by atoms with Gasteiger partial charge in [-0.15, -0.1) is 0 Å². The molecule has 28 heavy (non-hydrogen) atoms. The first-order valence-corrected chi connectivity index (χ1v) is 10.8. The molecule has 3 atom stereocenters. The summed E-state index contributed by atoms with van der Waals surface area (Å²) < 4.78 is 46.2. The second-order valence-electron chi connectivity index (χ2n) is 10.2. The molecule has 0 aliphatic heterocycles. The molecule has 0 radical (unpaired) electrons. The Labute approximate surface area is 171 Å². The predicted molar refractivity (Wildman–Crippen MR) is 110 cm³/mol. The highest BCUT2D eigenvalue weighted by molar-refractivity contribution is 5.76. The smallest absolute Gasteiger partial charge is 0.394 e. The number of hydrogen-bond donors (Lipinski definition) is 0. The van der Waals surface area contributed by atoms with Crippen molar-refractivity contribution in [2.45, 2.75) is 113 Å². The van der Waals surface area contributed by atoms with Gasteiger partial charge in [0.05, 0.1) is 17.4 Å². The SMILES string of the molecule is CCC(C)(C)CC(C)(CC)C(=O)OCCC(C)(CC)CC(C)(CC)C(F)(F)F. The summed E-state index contributed by atoms with van der Waals surface area (Å²) in [6, 6.07) is 0. The molecular weight excluding hydrogens is 365 g/mol. The molecule has 0 N–H and O–H groups in total. The maximum absolute atomic E-state index is 13.5. The number of carbonyl (C=O) groups is 1. The average molecular weight is 409 g/mol. The molecule has 0 fully saturated rings. The van der Waals surface area contributed by atoms with Gasteiger partial charge in [0.25, 0.3) is 0 Å². The molecular formula is C23H43F3O2. The van der Waals surface area contributed by atoms with Crippen LogP contribution >= 0.6 is 0 Å². The van der Waals surface area contributed by atoms with Crippen molar-refractivity contribution >= 4 is 5.97 Å². The van der Waals surface area contributed by atoms with E-state index in [-0.39, 0.29) is 30.8 Å². The molecule has 2 nitrogen and oxygen atoms in total. The Hall–Kier alpha value is -0.740. The van der Waals surface area contributed by atoms with E-state index in [1.165, 1.54) is 6.92 Å². The number of esters is 1. The highest BCUT2D eigenvalue weighted by Gasteiger charge is 2.52. The Morgan fingerprint density at radius 3 is 1.68 bits per heavy atom. The van der Waals surface area contributed by atoms with Gasteiger partial charge < -0.3 is 4.74 Å². The van der Waals surface area contributed by atoms with Gasteiger partial charge in [-0.05, 0) is 49.9 Å². The third-order valence-electron chi connectivity index (χ3n) is 7.17. The number of halogens is 3. The molecule has 0 bridgehead atoms. The Balaban J connectivity index is 5.08. The molecule has 3 unspecified atom stereocenters. The highest BCUT2D eigenvalue weighted by Crippen LogP contribution is 2.50. The van der Waals surface area contributed by atoms with Gasteiger partial charge >= 0.3 is 12.1 Å². The Morgan fingerprint density at radius 1 is 0.786 bits per heavy atom. The summed E-state index contributed by atoms with van der Waals surface area (Å²) >= 11 is 0. The maximum Gasteiger partial charge on any atom is 0.394 e. The average Bonchev–Trinajstić information content (AvgIpc) is 2.59. The molecule has 5 heteroatoms. The zero-order valence-corrected chi connectivity index (χ0v) is 19.6. The fourth-order valence-corrected chi connectivity index (χ4v) is 3.84. The summed E-state index contributed by atoms with van der Waals surface area (Å²) in [5.41, 5.74) is -2.76. The third-order valence-corrected chi connectivity index (χ3v) is 7.17. The van der Waals surface area contributed by atoms with Crippen molar-refractivity contribution in [1.29, 1.82) is 0 Å². The predicted octanol–water partition coefficient (Wildman–Crippen LogP) is 7.95. The molecule has 0 saturated carbocycles. The van der Waals surface area contributed by atoms with Crippen molar-refractivity contribution in [2.75, 3.05) is 6.61 Å². The second-order valence-corrected chi connectivity index (χ2v) is 10.2. The van der Waals surface area contributed by atoms with Gasteiger partial charge in [-0.25, -0.2) is 0 Å². The van der Waals surface area contributed by atoms with Crippen LogP contribution in [0.1, 0.15) is 107 Å². The van der Waals surface area contributed by atoms with Crippen LogP contribution in [0.25, 0.3) is 0 Å². The second kappa shape index (κ2) is 9.84. The first kappa shape index (κ1) is 27.3. The Morgan fingerprint density at radius 2 is 1.32 bits per heavy atom. The van der Waals surface area contributed by atoms with Crippen molar-refractivity contribution in [1.82, 2.24) is 0 Å². The third kappa shape index (κ3) is 7.26. The minimum atomic E-state index is -4.23. The number of carbonyl (C=O) groups excluding carboxylic acids is 1. The van der Waals surface area contributed by atoms with Crippen LogP contribution in [-0.2, 0) is 9.53 Å². The van der Waals surface area contributed by atoms with Crippen LogP contribution < -0.4 is 0 Å². The van der Waals surface area contributed by atoms with Crippen molar-refractivity contribution in [3.63, 3.8) is 0 Å². The van der Waals surface area contributed by atoms with Crippen molar-refractivity contribution in [3.05, 3.63) is 0 Å². The molecule has 0 aliphatic carbocycles. The summed E-state index contributed by atoms with van der Waals surface area (Å²) in [6.45, 7) is 17.2. The van der Waals surface area contributed by atoms with Crippen molar-refractivity contribution in [3.8, 4) is 0 Å². The lowest BCUT2D eigenvalue weighted by Gasteiger charge is -2.40. The van der Waals surface area contributed by atoms with Gasteiger partial charge in [0.1, 0.15) is 0 Å². The monoisotopic (exact) mass is 408 g/mol. The fraction of sp³-hybridized carbons (Fsp3) is 0.957. The summed E-state index contributed by atoms with van der Waals surface area (Å²) in [4.78, 5) is 12.8. The first-order valence-electron chi connectivity index (χ1n) is 10.8. The lowest BCUT2D eigenvalue weighted by atomic mass is 9.68. The Kier molecular flexibility index (Phi) is 9.58. The first-order chi connectivity index (χ1) is 12.5. The van der Waals surface area contributed by atoms with Crippen LogP contribution in [0, 0.1) is 21.7 Å². The van der Waals surface area contributed by atoms with Crippen LogP contribution in [0.4, 0.5) is 13.2 Å². The van der Waals surface area contributed by atoms with E-state index in [1.807, 2.05) is 27.7 Å². The van der Waals surface area contributed by atoms with Crippen LogP contribution in [0.5, 0.6) is 0 Å². The number of rotatable bonds is 12. The summed E-state index contributed by atoms with van der Waals surface area (Å²) in [6.07, 6.45) is -0.699. The van der Waals surface area contributed by atoms with E-state index in [4.69, 9.17) is 4.74 Å². The molecule has 0 amide bonds. The van der Waals surface area contributed by atoms with Gasteiger partial charge in [0, 0.05) is 0 Å². The number of alkyl halides is 3. The number of hydrogen-bond acceptors (Lipinski definition) is 2. The van der Waals surface area contributed by atoms with Crippen molar-refractivity contribution in [2.24, 2.45) is 21.7 Å². The van der Waals surface area contributed by atoms with Gasteiger partial charge in [-0.2, -0.15) is 13.2 Å². The maximum atomic E-state index is 13.5. The topological polar surface area (TPSA) is 26.3 Å². The molecule has 0 aromatic carbocycles. The van der Waals surface area contributed by atoms with Crippen LogP contribution in [-0.4, -0.2) is 18.8 Å². The molecule has 0 saturated heterocycles. The van der Waals surface area contributed by atoms with E-state index in [0.29, 0.717) is 19.3 Å². The lowest BCUT2D eigenvalue weighted by Crippen LogP contribution is -2.40. The molecule has 0 aliphatic rings. The molecule has 0 heterocycles. The normalized spacial score (nSPS) is 19.4. The van der Waals surface area contributed by atoms with E-state index in [1.54, 1.807) is 6.92 Å². The van der Waals surface area contributed by atoms with Crippen LogP contribution in [0.3, 0.4) is 0 Å². The molecule has 168 valence electrons. The minimum absolute atomic E-state index is 0.0390. The van der Waals surface area contributed by atoms with E-state index < -0.39 is 22.4 Å². The Bertz CT molecular complexity index is 501. The van der Waals surface area contributed by atoms with Gasteiger partial charge in [0.2, 0.25) is 0 Å². The van der Waals surface area contributed by atoms with Gasteiger partial charge in [-0.3, -0.25) is 4.79 Å². The fourth-order valence-electron chi connectivity index (χ4n) is 3.84. The van der Waals surface area contributed by atoms with Crippen LogP contribution in [0.15, 0.2) is 0 Å². The molecule has 0 spiro atoms. The van der Waals surface area contributed by atoms with E-state index in [2.05, 4.69) is 20.8 Å². The zero-order chi connectivity index (χ0) is 22.4. The van der Waals surface area contributed by atoms with Crippen LogP contribution in [0.2, 0.25) is 0 Å². The van der Waals surface area contributed by atoms with Crippen molar-refractivity contribution < 1.29 is 22.7 Å². The quantitative estimate of drug-likeness (QED) is 0.306. The molecule has 0 aromatic rings. The lowest BCUT2D eigenvalue weighted by molar-refractivity contribution is -0.230. The highest BCUT2D eigenvalue weighted by atomic mass is 19.4. The molecule has 0 rings (SSSR count). The standard InChI is InChI=1S/C23H43F3O2/c1-10-19(5,6)16-21(8,12-3)18(27)28-15-14-20(7,11-2)17-22(9,13-4)23(24,25)26/h10-17H2,1-9H3.